The van der Waals surface area contributed by atoms with Crippen LogP contribution in [0.4, 0.5) is 0 Å². The van der Waals surface area contributed by atoms with Gasteiger partial charge >= 0.3 is 0 Å². The number of hydrogen-bond donors (Lipinski definition) is 2. The summed E-state index contributed by atoms with van der Waals surface area (Å²) in [4.78, 5) is 1.60. The number of likely N-dealkylation sites (N-methyl/N-ethyl adjacent to an activating group) is 1. The van der Waals surface area contributed by atoms with Crippen molar-refractivity contribution in [2.75, 3.05) is 20.7 Å². The van der Waals surface area contributed by atoms with Gasteiger partial charge in [0.05, 0.1) is 24.9 Å². The second-order valence-electron chi connectivity index (χ2n) is 4.03. The van der Waals surface area contributed by atoms with Crippen molar-refractivity contribution in [1.29, 1.82) is 5.26 Å². The summed E-state index contributed by atoms with van der Waals surface area (Å²) < 4.78 is 5.74. The zero-order chi connectivity index (χ0) is 12.0. The first kappa shape index (κ1) is 12.8. The first-order valence-corrected chi connectivity index (χ1v) is 5.51. The third kappa shape index (κ3) is 3.72. The van der Waals surface area contributed by atoms with Crippen LogP contribution in [0.2, 0.25) is 0 Å². The highest BCUT2D eigenvalue weighted by molar-refractivity contribution is 4.96. The van der Waals surface area contributed by atoms with E-state index in [1.807, 2.05) is 26.2 Å². The molecule has 0 spiro atoms. The molecule has 2 N–H and O–H groups in total. The minimum absolute atomic E-state index is 0.112. The number of hydrogen-bond acceptors (Lipinski definition) is 5. The van der Waals surface area contributed by atoms with Crippen molar-refractivity contribution in [1.82, 2.24) is 15.5 Å². The zero-order valence-electron chi connectivity index (χ0n) is 10.1. The van der Waals surface area contributed by atoms with Gasteiger partial charge in [-0.2, -0.15) is 5.26 Å². The van der Waals surface area contributed by atoms with Crippen molar-refractivity contribution < 1.29 is 4.74 Å². The van der Waals surface area contributed by atoms with Crippen molar-refractivity contribution in [2.24, 2.45) is 0 Å². The summed E-state index contributed by atoms with van der Waals surface area (Å²) >= 11 is 0. The van der Waals surface area contributed by atoms with E-state index in [9.17, 15) is 0 Å². The maximum Gasteiger partial charge on any atom is 0.179 e. The Labute approximate surface area is 97.1 Å². The lowest BCUT2D eigenvalue weighted by Crippen LogP contribution is -2.43. The van der Waals surface area contributed by atoms with Crippen molar-refractivity contribution in [2.45, 2.75) is 31.7 Å². The fourth-order valence-corrected chi connectivity index (χ4v) is 1.46. The Balaban J connectivity index is 2.30. The Morgan fingerprint density at radius 2 is 2.50 bits per heavy atom. The summed E-state index contributed by atoms with van der Waals surface area (Å²) in [6.45, 7) is 2.54. The fraction of sp³-hybridized carbons (Fsp3) is 0.727. The van der Waals surface area contributed by atoms with Gasteiger partial charge in [0, 0.05) is 13.5 Å². The molecule has 16 heavy (non-hydrogen) atoms. The van der Waals surface area contributed by atoms with Gasteiger partial charge in [0.15, 0.2) is 6.19 Å². The maximum absolute atomic E-state index is 8.71. The second-order valence-corrected chi connectivity index (χ2v) is 4.03. The third-order valence-corrected chi connectivity index (χ3v) is 2.80. The van der Waals surface area contributed by atoms with Crippen LogP contribution in [-0.4, -0.2) is 43.9 Å². The molecule has 0 aromatic rings. The Kier molecular flexibility index (Phi) is 5.09. The molecule has 1 aliphatic heterocycles. The molecule has 0 amide bonds. The Bertz CT molecular complexity index is 274. The van der Waals surface area contributed by atoms with Crippen LogP contribution in [0.3, 0.4) is 0 Å². The molecule has 1 heterocycles. The molecule has 0 saturated carbocycles. The normalized spacial score (nSPS) is 25.6. The minimum atomic E-state index is 0.112. The molecule has 0 aliphatic carbocycles. The summed E-state index contributed by atoms with van der Waals surface area (Å²) in [6, 6.07) is 0.112. The Morgan fingerprint density at radius 1 is 1.75 bits per heavy atom. The maximum atomic E-state index is 8.71. The molecule has 90 valence electrons. The van der Waals surface area contributed by atoms with E-state index in [0.717, 1.165) is 6.42 Å². The van der Waals surface area contributed by atoms with E-state index in [4.69, 9.17) is 10.00 Å². The van der Waals surface area contributed by atoms with Crippen molar-refractivity contribution in [3.05, 3.63) is 12.3 Å². The largest absolute Gasteiger partial charge is 0.376 e. The van der Waals surface area contributed by atoms with E-state index >= 15 is 0 Å². The Morgan fingerprint density at radius 3 is 3.12 bits per heavy atom. The van der Waals surface area contributed by atoms with E-state index in [0.29, 0.717) is 6.61 Å². The average molecular weight is 224 g/mol. The zero-order valence-corrected chi connectivity index (χ0v) is 10.1. The number of nitriles is 1. The number of nitrogens with one attached hydrogen (secondary N) is 2. The Hall–Kier alpha value is -1.25. The molecule has 0 aromatic heterocycles. The van der Waals surface area contributed by atoms with E-state index in [-0.39, 0.29) is 18.3 Å². The molecular weight excluding hydrogens is 204 g/mol. The standard InChI is InChI=1S/C11H20N4O/c1-9(15(3)8-12)7-16-10-4-5-14-11(6-10)13-2/h4-5,9-11,13-14H,6-7H2,1-3H3. The van der Waals surface area contributed by atoms with Gasteiger partial charge in [-0.1, -0.05) is 0 Å². The van der Waals surface area contributed by atoms with Gasteiger partial charge < -0.3 is 20.3 Å². The van der Waals surface area contributed by atoms with E-state index in [1.54, 1.807) is 11.9 Å². The fourth-order valence-electron chi connectivity index (χ4n) is 1.46. The van der Waals surface area contributed by atoms with Crippen LogP contribution in [0.1, 0.15) is 13.3 Å². The topological polar surface area (TPSA) is 60.3 Å². The molecule has 3 atom stereocenters. The highest BCUT2D eigenvalue weighted by Crippen LogP contribution is 2.09. The van der Waals surface area contributed by atoms with Gasteiger partial charge in [-0.15, -0.1) is 0 Å². The minimum Gasteiger partial charge on any atom is -0.376 e. The van der Waals surface area contributed by atoms with E-state index in [2.05, 4.69) is 16.8 Å². The van der Waals surface area contributed by atoms with Gasteiger partial charge in [-0.3, -0.25) is 0 Å². The number of ether oxygens (including phenoxy) is 1. The number of nitrogens with zero attached hydrogens (tertiary/aromatic N) is 2. The van der Waals surface area contributed by atoms with E-state index in [1.165, 1.54) is 0 Å². The SMILES string of the molecule is CNC1CC(OCC(C)N(C)C#N)C=CN1. The van der Waals surface area contributed by atoms with Crippen LogP contribution in [0.5, 0.6) is 0 Å². The highest BCUT2D eigenvalue weighted by atomic mass is 16.5. The molecule has 3 unspecified atom stereocenters. The lowest BCUT2D eigenvalue weighted by atomic mass is 10.1. The lowest BCUT2D eigenvalue weighted by Gasteiger charge is -2.28. The van der Waals surface area contributed by atoms with Crippen molar-refractivity contribution in [3.63, 3.8) is 0 Å². The average Bonchev–Trinajstić information content (AvgIpc) is 2.35. The quantitative estimate of drug-likeness (QED) is 0.517. The van der Waals surface area contributed by atoms with Crippen LogP contribution in [0.25, 0.3) is 0 Å². The van der Waals surface area contributed by atoms with Crippen LogP contribution < -0.4 is 10.6 Å². The van der Waals surface area contributed by atoms with Gasteiger partial charge in [0.1, 0.15) is 0 Å². The summed E-state index contributed by atoms with van der Waals surface area (Å²) in [7, 11) is 3.68. The molecule has 0 saturated heterocycles. The molecular formula is C11H20N4O. The molecule has 0 aromatic carbocycles. The monoisotopic (exact) mass is 224 g/mol. The highest BCUT2D eigenvalue weighted by Gasteiger charge is 2.17. The summed E-state index contributed by atoms with van der Waals surface area (Å²) in [5, 5.41) is 15.0. The predicted octanol–water partition coefficient (Wildman–Crippen LogP) is 0.225. The smallest absolute Gasteiger partial charge is 0.179 e. The van der Waals surface area contributed by atoms with Gasteiger partial charge in [-0.05, 0) is 26.2 Å². The third-order valence-electron chi connectivity index (χ3n) is 2.80. The van der Waals surface area contributed by atoms with Crippen LogP contribution in [-0.2, 0) is 4.74 Å². The van der Waals surface area contributed by atoms with Gasteiger partial charge in [0.2, 0.25) is 0 Å². The lowest BCUT2D eigenvalue weighted by molar-refractivity contribution is 0.0395. The first-order valence-electron chi connectivity index (χ1n) is 5.51. The number of rotatable bonds is 5. The molecule has 5 nitrogen and oxygen atoms in total. The van der Waals surface area contributed by atoms with Crippen molar-refractivity contribution >= 4 is 0 Å². The molecule has 0 bridgehead atoms. The molecule has 1 rings (SSSR count). The summed E-state index contributed by atoms with van der Waals surface area (Å²) in [5.74, 6) is 0. The second kappa shape index (κ2) is 6.36. The molecule has 0 fully saturated rings. The van der Waals surface area contributed by atoms with Crippen LogP contribution in [0, 0.1) is 11.5 Å². The van der Waals surface area contributed by atoms with Gasteiger partial charge in [0.25, 0.3) is 0 Å². The predicted molar refractivity (Wildman–Crippen MR) is 62.3 cm³/mol. The molecule has 0 radical (unpaired) electrons. The molecule has 1 aliphatic rings. The van der Waals surface area contributed by atoms with Crippen LogP contribution in [0.15, 0.2) is 12.3 Å². The summed E-state index contributed by atoms with van der Waals surface area (Å²) in [6.07, 6.45) is 7.28. The first-order chi connectivity index (χ1) is 7.67. The van der Waals surface area contributed by atoms with Gasteiger partial charge in [-0.25, -0.2) is 0 Å². The van der Waals surface area contributed by atoms with Crippen molar-refractivity contribution in [3.8, 4) is 6.19 Å². The summed E-state index contributed by atoms with van der Waals surface area (Å²) in [5.41, 5.74) is 0. The van der Waals surface area contributed by atoms with E-state index < -0.39 is 0 Å². The molecule has 5 heteroatoms. The van der Waals surface area contributed by atoms with Crippen LogP contribution >= 0.6 is 0 Å².